The zero-order chi connectivity index (χ0) is 12.2. The Balaban J connectivity index is 2.18. The largest absolute Gasteiger partial charge is 0.255 e. The second-order valence-corrected chi connectivity index (χ2v) is 3.62. The van der Waals surface area contributed by atoms with Crippen LogP contribution in [-0.4, -0.2) is 25.4 Å². The standard InChI is InChI=1S/C13H9N5/c1-2-7-14-12(5-1)13-10(4-3-8-15-13)11-6-9-16-18-17-11/h1-9H. The number of hydrogen-bond donors (Lipinski definition) is 0. The van der Waals surface area contributed by atoms with E-state index in [9.17, 15) is 0 Å². The lowest BCUT2D eigenvalue weighted by Gasteiger charge is -2.05. The normalized spacial score (nSPS) is 10.2. The number of pyridine rings is 2. The molecule has 3 rings (SSSR count). The highest BCUT2D eigenvalue weighted by Gasteiger charge is 2.10. The van der Waals surface area contributed by atoms with Gasteiger partial charge in [-0.25, -0.2) is 0 Å². The lowest BCUT2D eigenvalue weighted by atomic mass is 10.1. The van der Waals surface area contributed by atoms with E-state index in [4.69, 9.17) is 0 Å². The Bertz CT molecular complexity index is 581. The molecule has 86 valence electrons. The summed E-state index contributed by atoms with van der Waals surface area (Å²) in [5, 5.41) is 11.3. The van der Waals surface area contributed by atoms with Crippen molar-refractivity contribution >= 4 is 0 Å². The molecule has 0 saturated carbocycles. The Labute approximate surface area is 104 Å². The average Bonchev–Trinajstić information content (AvgIpc) is 2.49. The van der Waals surface area contributed by atoms with Gasteiger partial charge in [0.05, 0.1) is 23.3 Å². The van der Waals surface area contributed by atoms with Gasteiger partial charge in [-0.15, -0.1) is 10.2 Å². The number of nitrogens with zero attached hydrogens (tertiary/aromatic N) is 5. The van der Waals surface area contributed by atoms with E-state index < -0.39 is 0 Å². The van der Waals surface area contributed by atoms with Crippen molar-refractivity contribution in [2.45, 2.75) is 0 Å². The summed E-state index contributed by atoms with van der Waals surface area (Å²) in [5.74, 6) is 0. The number of rotatable bonds is 2. The molecule has 0 unspecified atom stereocenters. The quantitative estimate of drug-likeness (QED) is 0.679. The van der Waals surface area contributed by atoms with Gasteiger partial charge in [-0.1, -0.05) is 6.07 Å². The molecule has 0 fully saturated rings. The Morgan fingerprint density at radius 3 is 2.44 bits per heavy atom. The summed E-state index contributed by atoms with van der Waals surface area (Å²) in [6.45, 7) is 0. The van der Waals surface area contributed by atoms with Gasteiger partial charge in [0.1, 0.15) is 0 Å². The molecule has 0 radical (unpaired) electrons. The lowest BCUT2D eigenvalue weighted by Crippen LogP contribution is -1.94. The van der Waals surface area contributed by atoms with Crippen molar-refractivity contribution < 1.29 is 0 Å². The molecule has 3 heterocycles. The summed E-state index contributed by atoms with van der Waals surface area (Å²) in [7, 11) is 0. The minimum absolute atomic E-state index is 0.735. The second kappa shape index (κ2) is 4.67. The predicted molar refractivity (Wildman–Crippen MR) is 66.3 cm³/mol. The molecule has 0 saturated heterocycles. The number of hydrogen-bond acceptors (Lipinski definition) is 5. The Morgan fingerprint density at radius 2 is 1.67 bits per heavy atom. The SMILES string of the molecule is c1ccc(-c2ncccc2-c2ccnnn2)nc1. The van der Waals surface area contributed by atoms with Crippen molar-refractivity contribution in [1.82, 2.24) is 25.4 Å². The van der Waals surface area contributed by atoms with E-state index in [-0.39, 0.29) is 0 Å². The third-order valence-corrected chi connectivity index (χ3v) is 2.49. The lowest BCUT2D eigenvalue weighted by molar-refractivity contribution is 0.870. The molecule has 0 atom stereocenters. The molecule has 5 heteroatoms. The van der Waals surface area contributed by atoms with Crippen LogP contribution in [0.25, 0.3) is 22.6 Å². The molecule has 18 heavy (non-hydrogen) atoms. The summed E-state index contributed by atoms with van der Waals surface area (Å²) in [6, 6.07) is 11.3. The maximum atomic E-state index is 4.37. The minimum atomic E-state index is 0.735. The molecule has 0 aromatic carbocycles. The van der Waals surface area contributed by atoms with Crippen LogP contribution < -0.4 is 0 Å². The Hall–Kier alpha value is -2.69. The van der Waals surface area contributed by atoms with Gasteiger partial charge in [-0.3, -0.25) is 9.97 Å². The molecule has 0 spiro atoms. The molecule has 0 aliphatic carbocycles. The summed E-state index contributed by atoms with van der Waals surface area (Å²) < 4.78 is 0. The maximum Gasteiger partial charge on any atom is 0.0985 e. The van der Waals surface area contributed by atoms with Crippen molar-refractivity contribution in [3.63, 3.8) is 0 Å². The topological polar surface area (TPSA) is 64.5 Å². The van der Waals surface area contributed by atoms with E-state index in [1.807, 2.05) is 30.3 Å². The molecule has 0 bridgehead atoms. The molecular weight excluding hydrogens is 226 g/mol. The summed E-state index contributed by atoms with van der Waals surface area (Å²) in [4.78, 5) is 8.68. The molecule has 0 aliphatic rings. The number of aromatic nitrogens is 5. The monoisotopic (exact) mass is 235 g/mol. The van der Waals surface area contributed by atoms with Crippen LogP contribution in [0.3, 0.4) is 0 Å². The van der Waals surface area contributed by atoms with Crippen LogP contribution in [0.15, 0.2) is 55.0 Å². The van der Waals surface area contributed by atoms with Crippen LogP contribution in [0, 0.1) is 0 Å². The first kappa shape index (κ1) is 10.5. The molecule has 5 nitrogen and oxygen atoms in total. The molecule has 0 N–H and O–H groups in total. The smallest absolute Gasteiger partial charge is 0.0985 e. The van der Waals surface area contributed by atoms with Gasteiger partial charge < -0.3 is 0 Å². The fraction of sp³-hybridized carbons (Fsp3) is 0. The third-order valence-electron chi connectivity index (χ3n) is 2.49. The summed E-state index contributed by atoms with van der Waals surface area (Å²) >= 11 is 0. The first-order valence-electron chi connectivity index (χ1n) is 5.46. The highest BCUT2D eigenvalue weighted by Crippen LogP contribution is 2.26. The summed E-state index contributed by atoms with van der Waals surface area (Å²) in [6.07, 6.45) is 5.09. The van der Waals surface area contributed by atoms with E-state index in [2.05, 4.69) is 25.4 Å². The van der Waals surface area contributed by atoms with Crippen molar-refractivity contribution in [1.29, 1.82) is 0 Å². The van der Waals surface area contributed by atoms with E-state index in [0.717, 1.165) is 22.6 Å². The van der Waals surface area contributed by atoms with Crippen LogP contribution in [0.5, 0.6) is 0 Å². The Kier molecular flexibility index (Phi) is 2.71. The van der Waals surface area contributed by atoms with Crippen molar-refractivity contribution in [2.24, 2.45) is 0 Å². The van der Waals surface area contributed by atoms with Gasteiger partial charge in [0.15, 0.2) is 0 Å². The first-order chi connectivity index (χ1) is 8.95. The maximum absolute atomic E-state index is 4.37. The fourth-order valence-electron chi connectivity index (χ4n) is 1.70. The van der Waals surface area contributed by atoms with Gasteiger partial charge in [0, 0.05) is 18.0 Å². The van der Waals surface area contributed by atoms with Gasteiger partial charge in [-0.05, 0) is 35.5 Å². The van der Waals surface area contributed by atoms with Crippen molar-refractivity contribution in [3.8, 4) is 22.6 Å². The van der Waals surface area contributed by atoms with Gasteiger partial charge in [0.25, 0.3) is 0 Å². The minimum Gasteiger partial charge on any atom is -0.255 e. The summed E-state index contributed by atoms with van der Waals surface area (Å²) in [5.41, 5.74) is 3.23. The average molecular weight is 235 g/mol. The van der Waals surface area contributed by atoms with Crippen LogP contribution in [0.1, 0.15) is 0 Å². The highest BCUT2D eigenvalue weighted by molar-refractivity contribution is 5.76. The molecule has 3 aromatic rings. The van der Waals surface area contributed by atoms with Crippen molar-refractivity contribution in [2.75, 3.05) is 0 Å². The van der Waals surface area contributed by atoms with E-state index >= 15 is 0 Å². The van der Waals surface area contributed by atoms with E-state index in [1.54, 1.807) is 24.7 Å². The molecular formula is C13H9N5. The van der Waals surface area contributed by atoms with Crippen LogP contribution in [0.2, 0.25) is 0 Å². The zero-order valence-corrected chi connectivity index (χ0v) is 9.43. The van der Waals surface area contributed by atoms with Crippen molar-refractivity contribution in [3.05, 3.63) is 55.0 Å². The van der Waals surface area contributed by atoms with Gasteiger partial charge in [-0.2, -0.15) is 0 Å². The second-order valence-electron chi connectivity index (χ2n) is 3.62. The van der Waals surface area contributed by atoms with E-state index in [0.29, 0.717) is 0 Å². The molecule has 3 aromatic heterocycles. The Morgan fingerprint density at radius 1 is 0.722 bits per heavy atom. The van der Waals surface area contributed by atoms with Crippen LogP contribution in [-0.2, 0) is 0 Å². The molecule has 0 aliphatic heterocycles. The van der Waals surface area contributed by atoms with Crippen LogP contribution in [0.4, 0.5) is 0 Å². The van der Waals surface area contributed by atoms with Gasteiger partial charge >= 0.3 is 0 Å². The molecule has 0 amide bonds. The van der Waals surface area contributed by atoms with Crippen LogP contribution >= 0.6 is 0 Å². The fourth-order valence-corrected chi connectivity index (χ4v) is 1.70. The van der Waals surface area contributed by atoms with Gasteiger partial charge in [0.2, 0.25) is 0 Å². The third kappa shape index (κ3) is 1.93. The highest BCUT2D eigenvalue weighted by atomic mass is 15.3. The first-order valence-corrected chi connectivity index (χ1v) is 5.46. The predicted octanol–water partition coefficient (Wildman–Crippen LogP) is 2.00. The zero-order valence-electron chi connectivity index (χ0n) is 9.43. The van der Waals surface area contributed by atoms with E-state index in [1.165, 1.54) is 0 Å².